The number of amides is 2. The fourth-order valence-electron chi connectivity index (χ4n) is 1.85. The Morgan fingerprint density at radius 1 is 1.26 bits per heavy atom. The molecule has 0 bridgehead atoms. The first-order valence-corrected chi connectivity index (χ1v) is 5.58. The summed E-state index contributed by atoms with van der Waals surface area (Å²) in [5.74, 6) is -2.12. The predicted octanol–water partition coefficient (Wildman–Crippen LogP) is -0.583. The van der Waals surface area contributed by atoms with E-state index in [-0.39, 0.29) is 24.4 Å². The van der Waals surface area contributed by atoms with Crippen molar-refractivity contribution < 1.29 is 24.6 Å². The van der Waals surface area contributed by atoms with Crippen LogP contribution in [-0.2, 0) is 9.59 Å². The van der Waals surface area contributed by atoms with Crippen LogP contribution in [0.1, 0.15) is 10.4 Å². The first kappa shape index (κ1) is 12.9. The summed E-state index contributed by atoms with van der Waals surface area (Å²) in [6, 6.07) is 4.32. The Morgan fingerprint density at radius 3 is 2.47 bits per heavy atom. The third kappa shape index (κ3) is 2.65. The molecular formula is C12H12N2O5. The van der Waals surface area contributed by atoms with Gasteiger partial charge in [0.05, 0.1) is 0 Å². The van der Waals surface area contributed by atoms with Crippen molar-refractivity contribution in [2.24, 2.45) is 0 Å². The van der Waals surface area contributed by atoms with Gasteiger partial charge in [0.15, 0.2) is 0 Å². The van der Waals surface area contributed by atoms with Gasteiger partial charge in [0.25, 0.3) is 5.91 Å². The van der Waals surface area contributed by atoms with Crippen LogP contribution in [0.5, 0.6) is 5.75 Å². The number of piperazine rings is 1. The Kier molecular flexibility index (Phi) is 3.37. The summed E-state index contributed by atoms with van der Waals surface area (Å²) in [5.41, 5.74) is 0.221. The van der Waals surface area contributed by atoms with Gasteiger partial charge in [-0.3, -0.25) is 9.59 Å². The van der Waals surface area contributed by atoms with Crippen molar-refractivity contribution in [2.75, 3.05) is 13.1 Å². The molecule has 1 heterocycles. The number of hydrogen-bond donors (Lipinski definition) is 3. The zero-order valence-corrected chi connectivity index (χ0v) is 9.87. The van der Waals surface area contributed by atoms with Gasteiger partial charge < -0.3 is 20.4 Å². The highest BCUT2D eigenvalue weighted by atomic mass is 16.4. The number of nitrogens with one attached hydrogen (secondary N) is 1. The minimum Gasteiger partial charge on any atom is -0.508 e. The zero-order chi connectivity index (χ0) is 14.0. The normalized spacial score (nSPS) is 18.8. The molecule has 2 rings (SSSR count). The molecule has 0 aliphatic carbocycles. The molecule has 19 heavy (non-hydrogen) atoms. The van der Waals surface area contributed by atoms with E-state index in [0.717, 1.165) is 4.90 Å². The predicted molar refractivity (Wildman–Crippen MR) is 63.6 cm³/mol. The summed E-state index contributed by atoms with van der Waals surface area (Å²) in [5, 5.41) is 20.6. The van der Waals surface area contributed by atoms with E-state index in [0.29, 0.717) is 0 Å². The molecule has 1 fully saturated rings. The molecule has 0 radical (unpaired) electrons. The van der Waals surface area contributed by atoms with Crippen molar-refractivity contribution in [3.63, 3.8) is 0 Å². The topological polar surface area (TPSA) is 107 Å². The third-order valence-corrected chi connectivity index (χ3v) is 2.84. The molecule has 1 aromatic carbocycles. The maximum atomic E-state index is 12.2. The van der Waals surface area contributed by atoms with Crippen LogP contribution in [-0.4, -0.2) is 52.0 Å². The molecule has 1 aliphatic rings. The molecule has 1 saturated heterocycles. The second kappa shape index (κ2) is 4.97. The molecule has 100 valence electrons. The van der Waals surface area contributed by atoms with E-state index in [9.17, 15) is 14.4 Å². The molecule has 7 nitrogen and oxygen atoms in total. The van der Waals surface area contributed by atoms with E-state index in [1.807, 2.05) is 0 Å². The monoisotopic (exact) mass is 264 g/mol. The average molecular weight is 264 g/mol. The number of nitrogens with zero attached hydrogens (tertiary/aromatic N) is 1. The molecule has 0 saturated carbocycles. The molecule has 1 aromatic rings. The second-order valence-corrected chi connectivity index (χ2v) is 4.14. The van der Waals surface area contributed by atoms with Gasteiger partial charge in [-0.25, -0.2) is 4.79 Å². The highest BCUT2D eigenvalue weighted by molar-refractivity contribution is 6.00. The number of carboxylic acids is 1. The van der Waals surface area contributed by atoms with E-state index in [4.69, 9.17) is 10.2 Å². The van der Waals surface area contributed by atoms with Gasteiger partial charge in [0.1, 0.15) is 18.3 Å². The standard InChI is InChI=1S/C12H12N2O5/c15-8-3-1-7(2-4-8)11(17)14-6-10(16)13-5-9(14)12(18)19/h1-4,9,15H,5-6H2,(H,13,16)(H,18,19). The van der Waals surface area contributed by atoms with Crippen LogP contribution in [0, 0.1) is 0 Å². The van der Waals surface area contributed by atoms with Crippen molar-refractivity contribution in [3.8, 4) is 5.75 Å². The van der Waals surface area contributed by atoms with Crippen LogP contribution < -0.4 is 5.32 Å². The van der Waals surface area contributed by atoms with E-state index in [1.165, 1.54) is 24.3 Å². The number of phenolic OH excluding ortho intramolecular Hbond substituents is 1. The quantitative estimate of drug-likeness (QED) is 0.662. The largest absolute Gasteiger partial charge is 0.508 e. The van der Waals surface area contributed by atoms with E-state index in [2.05, 4.69) is 5.32 Å². The fourth-order valence-corrected chi connectivity index (χ4v) is 1.85. The maximum Gasteiger partial charge on any atom is 0.328 e. The van der Waals surface area contributed by atoms with Crippen molar-refractivity contribution in [1.29, 1.82) is 0 Å². The summed E-state index contributed by atoms with van der Waals surface area (Å²) < 4.78 is 0. The van der Waals surface area contributed by atoms with Crippen molar-refractivity contribution in [3.05, 3.63) is 29.8 Å². The Balaban J connectivity index is 2.26. The lowest BCUT2D eigenvalue weighted by atomic mass is 10.1. The number of carbonyl (C=O) groups is 3. The highest BCUT2D eigenvalue weighted by Gasteiger charge is 2.35. The molecule has 2 amide bonds. The van der Waals surface area contributed by atoms with Crippen LogP contribution in [0.15, 0.2) is 24.3 Å². The molecular weight excluding hydrogens is 252 g/mol. The van der Waals surface area contributed by atoms with Gasteiger partial charge in [-0.05, 0) is 24.3 Å². The number of carboxylic acid groups (broad SMARTS) is 1. The minimum absolute atomic E-state index is 0.00252. The Hall–Kier alpha value is -2.57. The number of hydrogen-bond acceptors (Lipinski definition) is 4. The smallest absolute Gasteiger partial charge is 0.328 e. The lowest BCUT2D eigenvalue weighted by Crippen LogP contribution is -2.59. The molecule has 1 unspecified atom stereocenters. The summed E-state index contributed by atoms with van der Waals surface area (Å²) in [6.45, 7) is -0.408. The highest BCUT2D eigenvalue weighted by Crippen LogP contribution is 2.14. The van der Waals surface area contributed by atoms with Gasteiger partial charge in [0, 0.05) is 12.1 Å². The molecule has 3 N–H and O–H groups in total. The second-order valence-electron chi connectivity index (χ2n) is 4.14. The summed E-state index contributed by atoms with van der Waals surface area (Å²) in [6.07, 6.45) is 0. The SMILES string of the molecule is O=C1CN(C(=O)c2ccc(O)cc2)C(C(=O)O)CN1. The number of aliphatic carboxylic acids is 1. The fraction of sp³-hybridized carbons (Fsp3) is 0.250. The molecule has 0 spiro atoms. The first-order valence-electron chi connectivity index (χ1n) is 5.58. The van der Waals surface area contributed by atoms with Crippen LogP contribution in [0.2, 0.25) is 0 Å². The van der Waals surface area contributed by atoms with E-state index in [1.54, 1.807) is 0 Å². The van der Waals surface area contributed by atoms with Crippen LogP contribution >= 0.6 is 0 Å². The maximum absolute atomic E-state index is 12.2. The van der Waals surface area contributed by atoms with Gasteiger partial charge in [0.2, 0.25) is 5.91 Å². The molecule has 1 aliphatic heterocycles. The average Bonchev–Trinajstić information content (AvgIpc) is 2.38. The van der Waals surface area contributed by atoms with Gasteiger partial charge in [-0.1, -0.05) is 0 Å². The summed E-state index contributed by atoms with van der Waals surface area (Å²) >= 11 is 0. The van der Waals surface area contributed by atoms with Gasteiger partial charge in [-0.15, -0.1) is 0 Å². The Labute approximate surface area is 108 Å². The molecule has 0 aromatic heterocycles. The lowest BCUT2D eigenvalue weighted by molar-refractivity contribution is -0.144. The minimum atomic E-state index is -1.17. The molecule has 1 atom stereocenters. The Morgan fingerprint density at radius 2 is 1.89 bits per heavy atom. The first-order chi connectivity index (χ1) is 8.99. The van der Waals surface area contributed by atoms with E-state index >= 15 is 0 Å². The summed E-state index contributed by atoms with van der Waals surface area (Å²) in [7, 11) is 0. The number of carbonyl (C=O) groups excluding carboxylic acids is 2. The van der Waals surface area contributed by atoms with E-state index < -0.39 is 23.8 Å². The molecule has 7 heteroatoms. The van der Waals surface area contributed by atoms with Gasteiger partial charge in [-0.2, -0.15) is 0 Å². The van der Waals surface area contributed by atoms with Crippen LogP contribution in [0.4, 0.5) is 0 Å². The summed E-state index contributed by atoms with van der Waals surface area (Å²) in [4.78, 5) is 35.5. The number of benzene rings is 1. The van der Waals surface area contributed by atoms with Crippen molar-refractivity contribution >= 4 is 17.8 Å². The number of rotatable bonds is 2. The number of phenols is 1. The van der Waals surface area contributed by atoms with Crippen molar-refractivity contribution in [2.45, 2.75) is 6.04 Å². The van der Waals surface area contributed by atoms with Crippen molar-refractivity contribution in [1.82, 2.24) is 10.2 Å². The van der Waals surface area contributed by atoms with Crippen LogP contribution in [0.3, 0.4) is 0 Å². The third-order valence-electron chi connectivity index (χ3n) is 2.84. The lowest BCUT2D eigenvalue weighted by Gasteiger charge is -2.32. The zero-order valence-electron chi connectivity index (χ0n) is 9.87. The number of aromatic hydroxyl groups is 1. The van der Waals surface area contributed by atoms with Gasteiger partial charge >= 0.3 is 5.97 Å². The Bertz CT molecular complexity index is 525. The van der Waals surface area contributed by atoms with Crippen LogP contribution in [0.25, 0.3) is 0 Å².